The maximum Gasteiger partial charge on any atom is 0.300 e. The van der Waals surface area contributed by atoms with E-state index in [1.807, 2.05) is 13.8 Å². The van der Waals surface area contributed by atoms with Crippen molar-refractivity contribution in [2.75, 3.05) is 25.2 Å². The lowest BCUT2D eigenvalue weighted by Crippen LogP contribution is -2.29. The Balaban J connectivity index is 1.93. The van der Waals surface area contributed by atoms with Crippen LogP contribution in [0.4, 0.5) is 5.69 Å². The summed E-state index contributed by atoms with van der Waals surface area (Å²) in [6, 6.07) is 17.7. The monoisotopic (exact) mass is 521 g/mol. The highest BCUT2D eigenvalue weighted by atomic mass is 35.5. The molecule has 4 rings (SSSR count). The van der Waals surface area contributed by atoms with Gasteiger partial charge in [-0.1, -0.05) is 42.8 Å². The van der Waals surface area contributed by atoms with Gasteiger partial charge in [-0.05, 0) is 61.4 Å². The molecule has 37 heavy (non-hydrogen) atoms. The summed E-state index contributed by atoms with van der Waals surface area (Å²) in [7, 11) is 1.53. The zero-order valence-corrected chi connectivity index (χ0v) is 21.6. The number of nitrogens with zero attached hydrogens (tertiary/aromatic N) is 1. The van der Waals surface area contributed by atoms with Gasteiger partial charge in [0.2, 0.25) is 0 Å². The third-order valence-corrected chi connectivity index (χ3v) is 6.15. The largest absolute Gasteiger partial charge is 0.507 e. The average Bonchev–Trinajstić information content (AvgIpc) is 3.17. The van der Waals surface area contributed by atoms with Crippen LogP contribution in [0.3, 0.4) is 0 Å². The molecule has 192 valence electrons. The smallest absolute Gasteiger partial charge is 0.300 e. The molecule has 7 nitrogen and oxygen atoms in total. The van der Waals surface area contributed by atoms with E-state index in [-0.39, 0.29) is 11.3 Å². The molecule has 1 aliphatic rings. The highest BCUT2D eigenvalue weighted by Gasteiger charge is 2.47. The Hall–Kier alpha value is -3.97. The maximum atomic E-state index is 13.4. The van der Waals surface area contributed by atoms with Gasteiger partial charge in [0.25, 0.3) is 11.7 Å². The number of anilines is 1. The Bertz CT molecular complexity index is 1350. The van der Waals surface area contributed by atoms with Crippen molar-refractivity contribution in [2.45, 2.75) is 26.3 Å². The SMILES string of the molecule is CCCOc1cccc(/C(O)=C2/C(=O)C(=O)N(c3cccc(Cl)c3)C2c2ccc(OC)c(OCC)c2)c1. The number of hydrogen-bond acceptors (Lipinski definition) is 6. The summed E-state index contributed by atoms with van der Waals surface area (Å²) in [5.41, 5.74) is 1.29. The number of methoxy groups -OCH3 is 1. The Morgan fingerprint density at radius 1 is 0.973 bits per heavy atom. The number of carbonyl (C=O) groups is 2. The molecule has 1 heterocycles. The number of amides is 1. The molecular formula is C29H28ClNO6. The van der Waals surface area contributed by atoms with Crippen LogP contribution >= 0.6 is 11.6 Å². The van der Waals surface area contributed by atoms with Crippen LogP contribution in [0.15, 0.2) is 72.3 Å². The van der Waals surface area contributed by atoms with Gasteiger partial charge >= 0.3 is 0 Å². The number of carbonyl (C=O) groups excluding carboxylic acids is 2. The summed E-state index contributed by atoms with van der Waals surface area (Å²) >= 11 is 6.23. The molecule has 1 amide bonds. The second kappa shape index (κ2) is 11.4. The maximum absolute atomic E-state index is 13.4. The van der Waals surface area contributed by atoms with Crippen molar-refractivity contribution >= 4 is 34.7 Å². The summed E-state index contributed by atoms with van der Waals surface area (Å²) in [5, 5.41) is 11.8. The highest BCUT2D eigenvalue weighted by Crippen LogP contribution is 2.44. The van der Waals surface area contributed by atoms with Gasteiger partial charge in [0.1, 0.15) is 11.5 Å². The standard InChI is InChI=1S/C29H28ClNO6/c1-4-14-37-22-11-6-8-19(15-22)27(32)25-26(18-12-13-23(35-3)24(16-18)36-5-2)31(29(34)28(25)33)21-10-7-9-20(30)17-21/h6-13,15-17,26,32H,4-5,14H2,1-3H3/b27-25-. The van der Waals surface area contributed by atoms with E-state index in [0.29, 0.717) is 52.3 Å². The normalized spacial score (nSPS) is 16.6. The van der Waals surface area contributed by atoms with Crippen LogP contribution in [0.25, 0.3) is 5.76 Å². The van der Waals surface area contributed by atoms with Gasteiger partial charge in [-0.15, -0.1) is 0 Å². The molecule has 0 aromatic heterocycles. The molecule has 1 unspecified atom stereocenters. The van der Waals surface area contributed by atoms with E-state index in [2.05, 4.69) is 0 Å². The van der Waals surface area contributed by atoms with Gasteiger partial charge in [-0.2, -0.15) is 0 Å². The Morgan fingerprint density at radius 3 is 2.46 bits per heavy atom. The van der Waals surface area contributed by atoms with E-state index >= 15 is 0 Å². The first kappa shape index (κ1) is 26.1. The number of Topliss-reactive ketones (excluding diaryl/α,β-unsaturated/α-hetero) is 1. The van der Waals surface area contributed by atoms with E-state index in [4.69, 9.17) is 25.8 Å². The van der Waals surface area contributed by atoms with E-state index in [0.717, 1.165) is 6.42 Å². The van der Waals surface area contributed by atoms with Gasteiger partial charge < -0.3 is 19.3 Å². The molecule has 1 aliphatic heterocycles. The zero-order chi connectivity index (χ0) is 26.5. The number of hydrogen-bond donors (Lipinski definition) is 1. The van der Waals surface area contributed by atoms with Crippen molar-refractivity contribution in [3.8, 4) is 17.2 Å². The molecule has 1 fully saturated rings. The molecule has 8 heteroatoms. The van der Waals surface area contributed by atoms with Crippen LogP contribution < -0.4 is 19.1 Å². The number of ketones is 1. The molecule has 0 aliphatic carbocycles. The second-order valence-corrected chi connectivity index (χ2v) is 8.81. The predicted octanol–water partition coefficient (Wildman–Crippen LogP) is 6.16. The molecule has 0 spiro atoms. The van der Waals surface area contributed by atoms with E-state index in [1.165, 1.54) is 12.0 Å². The van der Waals surface area contributed by atoms with Gasteiger partial charge in [0.05, 0.1) is 31.9 Å². The van der Waals surface area contributed by atoms with Crippen LogP contribution in [0, 0.1) is 0 Å². The fraction of sp³-hybridized carbons (Fsp3) is 0.241. The summed E-state index contributed by atoms with van der Waals surface area (Å²) in [5.74, 6) is -0.379. The van der Waals surface area contributed by atoms with E-state index in [9.17, 15) is 14.7 Å². The third kappa shape index (κ3) is 5.27. The fourth-order valence-corrected chi connectivity index (χ4v) is 4.47. The van der Waals surface area contributed by atoms with Crippen LogP contribution in [0.1, 0.15) is 37.4 Å². The lowest BCUT2D eigenvalue weighted by Gasteiger charge is -2.26. The van der Waals surface area contributed by atoms with Crippen LogP contribution in [0.2, 0.25) is 5.02 Å². The average molecular weight is 522 g/mol. The van der Waals surface area contributed by atoms with Crippen LogP contribution in [0.5, 0.6) is 17.2 Å². The Labute approximate surface area is 220 Å². The minimum absolute atomic E-state index is 0.0507. The summed E-state index contributed by atoms with van der Waals surface area (Å²) in [4.78, 5) is 28.2. The molecular weight excluding hydrogens is 494 g/mol. The first-order valence-electron chi connectivity index (χ1n) is 12.0. The number of benzene rings is 3. The minimum Gasteiger partial charge on any atom is -0.507 e. The van der Waals surface area contributed by atoms with Gasteiger partial charge in [0, 0.05) is 16.3 Å². The molecule has 0 bridgehead atoms. The first-order chi connectivity index (χ1) is 17.9. The van der Waals surface area contributed by atoms with Crippen molar-refractivity contribution in [1.82, 2.24) is 0 Å². The number of aliphatic hydroxyl groups excluding tert-OH is 1. The van der Waals surface area contributed by atoms with Crippen molar-refractivity contribution in [1.29, 1.82) is 0 Å². The summed E-state index contributed by atoms with van der Waals surface area (Å²) in [6.07, 6.45) is 0.820. The van der Waals surface area contributed by atoms with Crippen LogP contribution in [-0.4, -0.2) is 37.1 Å². The molecule has 1 N–H and O–H groups in total. The molecule has 3 aromatic carbocycles. The Kier molecular flexibility index (Phi) is 8.04. The predicted molar refractivity (Wildman–Crippen MR) is 143 cm³/mol. The van der Waals surface area contributed by atoms with Crippen molar-refractivity contribution in [2.24, 2.45) is 0 Å². The van der Waals surface area contributed by atoms with Crippen molar-refractivity contribution in [3.05, 3.63) is 88.5 Å². The van der Waals surface area contributed by atoms with Crippen LogP contribution in [-0.2, 0) is 9.59 Å². The topological polar surface area (TPSA) is 85.3 Å². The number of ether oxygens (including phenoxy) is 3. The minimum atomic E-state index is -0.941. The lowest BCUT2D eigenvalue weighted by atomic mass is 9.94. The fourth-order valence-electron chi connectivity index (χ4n) is 4.28. The quantitative estimate of drug-likeness (QED) is 0.206. The molecule has 0 radical (unpaired) electrons. The first-order valence-corrected chi connectivity index (χ1v) is 12.4. The third-order valence-electron chi connectivity index (χ3n) is 5.91. The van der Waals surface area contributed by atoms with Gasteiger partial charge in [-0.25, -0.2) is 0 Å². The Morgan fingerprint density at radius 2 is 1.76 bits per heavy atom. The van der Waals surface area contributed by atoms with Gasteiger partial charge in [0.15, 0.2) is 11.5 Å². The number of aliphatic hydroxyl groups is 1. The lowest BCUT2D eigenvalue weighted by molar-refractivity contribution is -0.132. The molecule has 0 saturated carbocycles. The molecule has 3 aromatic rings. The van der Waals surface area contributed by atoms with E-state index < -0.39 is 17.7 Å². The van der Waals surface area contributed by atoms with Crippen molar-refractivity contribution in [3.63, 3.8) is 0 Å². The second-order valence-electron chi connectivity index (χ2n) is 8.37. The van der Waals surface area contributed by atoms with Gasteiger partial charge in [-0.3, -0.25) is 14.5 Å². The van der Waals surface area contributed by atoms with E-state index in [1.54, 1.807) is 66.7 Å². The number of halogens is 1. The molecule has 1 saturated heterocycles. The summed E-state index contributed by atoms with van der Waals surface area (Å²) in [6.45, 7) is 4.73. The van der Waals surface area contributed by atoms with Crippen molar-refractivity contribution < 1.29 is 28.9 Å². The summed E-state index contributed by atoms with van der Waals surface area (Å²) < 4.78 is 16.9. The highest BCUT2D eigenvalue weighted by molar-refractivity contribution is 6.51. The number of rotatable bonds is 9. The molecule has 1 atom stereocenters. The zero-order valence-electron chi connectivity index (χ0n) is 20.9.